The van der Waals surface area contributed by atoms with Crippen molar-refractivity contribution in [2.24, 2.45) is 11.7 Å². The van der Waals surface area contributed by atoms with Crippen LogP contribution in [0.5, 0.6) is 0 Å². The molecule has 2 amide bonds. The van der Waals surface area contributed by atoms with E-state index in [4.69, 9.17) is 10.5 Å². The maximum absolute atomic E-state index is 11.5. The Kier molecular flexibility index (Phi) is 7.36. The van der Waals surface area contributed by atoms with Crippen LogP contribution in [0.25, 0.3) is 0 Å². The van der Waals surface area contributed by atoms with E-state index in [9.17, 15) is 9.59 Å². The quantitative estimate of drug-likeness (QED) is 0.733. The van der Waals surface area contributed by atoms with Crippen molar-refractivity contribution < 1.29 is 14.3 Å². The normalized spacial score (nSPS) is 23.3. The Balaban J connectivity index is 2.54. The summed E-state index contributed by atoms with van der Waals surface area (Å²) >= 11 is 0. The van der Waals surface area contributed by atoms with Gasteiger partial charge in [0.05, 0.1) is 13.2 Å². The Hall–Kier alpha value is -1.30. The monoisotopic (exact) mass is 285 g/mol. The van der Waals surface area contributed by atoms with Crippen LogP contribution in [0.15, 0.2) is 0 Å². The molecule has 0 radical (unpaired) electrons. The number of nitrogens with two attached hydrogens (primary N) is 1. The van der Waals surface area contributed by atoms with Gasteiger partial charge in [-0.1, -0.05) is 19.8 Å². The Morgan fingerprint density at radius 1 is 1.35 bits per heavy atom. The number of alkyl carbamates (subject to hydrolysis) is 1. The molecule has 20 heavy (non-hydrogen) atoms. The van der Waals surface area contributed by atoms with Crippen LogP contribution >= 0.6 is 0 Å². The molecule has 1 aliphatic heterocycles. The molecule has 1 aliphatic rings. The second kappa shape index (κ2) is 8.79. The lowest BCUT2D eigenvalue weighted by Crippen LogP contribution is -2.52. The summed E-state index contributed by atoms with van der Waals surface area (Å²) in [6, 6.07) is 0.0315. The third kappa shape index (κ3) is 6.23. The van der Waals surface area contributed by atoms with Crippen molar-refractivity contribution >= 4 is 12.0 Å². The molecule has 1 saturated heterocycles. The number of carbonyl (C=O) groups is 2. The molecule has 1 rings (SSSR count). The maximum Gasteiger partial charge on any atom is 0.407 e. The Morgan fingerprint density at radius 2 is 2.10 bits per heavy atom. The highest BCUT2D eigenvalue weighted by Crippen LogP contribution is 2.22. The number of nitrogens with zero attached hydrogens (tertiary/aromatic N) is 1. The highest BCUT2D eigenvalue weighted by molar-refractivity contribution is 5.76. The van der Waals surface area contributed by atoms with Gasteiger partial charge in [0.25, 0.3) is 0 Å². The number of piperidine rings is 1. The molecular formula is C14H27N3O3. The summed E-state index contributed by atoms with van der Waals surface area (Å²) in [5.41, 5.74) is 5.27. The fourth-order valence-corrected chi connectivity index (χ4v) is 2.80. The van der Waals surface area contributed by atoms with E-state index >= 15 is 0 Å². The molecular weight excluding hydrogens is 258 g/mol. The SMILES string of the molecule is CCCCC1CC(NC(=O)OCC)CN(CC(N)=O)C1. The summed E-state index contributed by atoms with van der Waals surface area (Å²) in [5.74, 6) is 0.172. The molecule has 0 aromatic carbocycles. The predicted octanol–water partition coefficient (Wildman–Crippen LogP) is 1.10. The number of primary amides is 1. The fraction of sp³-hybridized carbons (Fsp3) is 0.857. The van der Waals surface area contributed by atoms with Crippen LogP contribution in [-0.2, 0) is 9.53 Å². The van der Waals surface area contributed by atoms with E-state index in [0.717, 1.165) is 25.8 Å². The van der Waals surface area contributed by atoms with E-state index in [1.54, 1.807) is 6.92 Å². The van der Waals surface area contributed by atoms with E-state index in [1.807, 2.05) is 4.90 Å². The third-order valence-corrected chi connectivity index (χ3v) is 3.56. The van der Waals surface area contributed by atoms with Crippen LogP contribution in [0.3, 0.4) is 0 Å². The summed E-state index contributed by atoms with van der Waals surface area (Å²) in [4.78, 5) is 24.6. The molecule has 0 aromatic rings. The lowest BCUT2D eigenvalue weighted by Gasteiger charge is -2.37. The Labute approximate surface area is 121 Å². The van der Waals surface area contributed by atoms with Crippen molar-refractivity contribution in [2.75, 3.05) is 26.2 Å². The van der Waals surface area contributed by atoms with Crippen molar-refractivity contribution in [1.82, 2.24) is 10.2 Å². The average Bonchev–Trinajstić information content (AvgIpc) is 2.35. The van der Waals surface area contributed by atoms with Crippen molar-refractivity contribution in [3.63, 3.8) is 0 Å². The van der Waals surface area contributed by atoms with Crippen molar-refractivity contribution in [1.29, 1.82) is 0 Å². The number of hydrogen-bond donors (Lipinski definition) is 2. The smallest absolute Gasteiger partial charge is 0.407 e. The molecule has 0 saturated carbocycles. The van der Waals surface area contributed by atoms with E-state index in [2.05, 4.69) is 12.2 Å². The highest BCUT2D eigenvalue weighted by Gasteiger charge is 2.28. The van der Waals surface area contributed by atoms with Gasteiger partial charge < -0.3 is 15.8 Å². The number of amides is 2. The number of rotatable bonds is 7. The zero-order valence-corrected chi connectivity index (χ0v) is 12.6. The van der Waals surface area contributed by atoms with Crippen LogP contribution in [-0.4, -0.2) is 49.2 Å². The van der Waals surface area contributed by atoms with Gasteiger partial charge in [-0.15, -0.1) is 0 Å². The number of carbonyl (C=O) groups excluding carboxylic acids is 2. The number of likely N-dealkylation sites (tertiary alicyclic amines) is 1. The molecule has 0 spiro atoms. The van der Waals surface area contributed by atoms with E-state index in [0.29, 0.717) is 19.1 Å². The van der Waals surface area contributed by atoms with Gasteiger partial charge in [0.15, 0.2) is 0 Å². The second-order valence-electron chi connectivity index (χ2n) is 5.47. The Morgan fingerprint density at radius 3 is 2.70 bits per heavy atom. The molecule has 116 valence electrons. The molecule has 1 fully saturated rings. The van der Waals surface area contributed by atoms with Crippen molar-refractivity contribution in [2.45, 2.75) is 45.6 Å². The van der Waals surface area contributed by atoms with E-state index in [1.165, 1.54) is 6.42 Å². The maximum atomic E-state index is 11.5. The fourth-order valence-electron chi connectivity index (χ4n) is 2.80. The number of hydrogen-bond acceptors (Lipinski definition) is 4. The molecule has 3 N–H and O–H groups in total. The van der Waals surface area contributed by atoms with Crippen LogP contribution < -0.4 is 11.1 Å². The Bertz CT molecular complexity index is 323. The van der Waals surface area contributed by atoms with Gasteiger partial charge in [0.1, 0.15) is 0 Å². The molecule has 2 atom stereocenters. The average molecular weight is 285 g/mol. The first-order valence-corrected chi connectivity index (χ1v) is 7.49. The van der Waals surface area contributed by atoms with Gasteiger partial charge in [0, 0.05) is 19.1 Å². The lowest BCUT2D eigenvalue weighted by molar-refractivity contribution is -0.119. The van der Waals surface area contributed by atoms with Crippen LogP contribution in [0, 0.1) is 5.92 Å². The summed E-state index contributed by atoms with van der Waals surface area (Å²) in [6.45, 7) is 6.10. The van der Waals surface area contributed by atoms with Crippen LogP contribution in [0.2, 0.25) is 0 Å². The van der Waals surface area contributed by atoms with Gasteiger partial charge >= 0.3 is 6.09 Å². The van der Waals surface area contributed by atoms with Crippen LogP contribution in [0.1, 0.15) is 39.5 Å². The first-order chi connectivity index (χ1) is 9.55. The van der Waals surface area contributed by atoms with Gasteiger partial charge in [-0.05, 0) is 25.7 Å². The molecule has 0 aliphatic carbocycles. The van der Waals surface area contributed by atoms with E-state index in [-0.39, 0.29) is 24.6 Å². The molecule has 2 unspecified atom stereocenters. The standard InChI is InChI=1S/C14H27N3O3/c1-3-5-6-11-7-12(16-14(19)20-4-2)9-17(8-11)10-13(15)18/h11-12H,3-10H2,1-2H3,(H2,15,18)(H,16,19). The first-order valence-electron chi connectivity index (χ1n) is 7.49. The minimum atomic E-state index is -0.382. The molecule has 6 heteroatoms. The molecule has 0 bridgehead atoms. The summed E-state index contributed by atoms with van der Waals surface area (Å²) in [5, 5.41) is 2.87. The summed E-state index contributed by atoms with van der Waals surface area (Å²) in [6.07, 6.45) is 4.00. The zero-order valence-electron chi connectivity index (χ0n) is 12.6. The minimum absolute atomic E-state index is 0.0315. The van der Waals surface area contributed by atoms with Crippen LogP contribution in [0.4, 0.5) is 4.79 Å². The number of nitrogens with one attached hydrogen (secondary N) is 1. The highest BCUT2D eigenvalue weighted by atomic mass is 16.5. The zero-order chi connectivity index (χ0) is 15.0. The van der Waals surface area contributed by atoms with Crippen molar-refractivity contribution in [3.8, 4) is 0 Å². The predicted molar refractivity (Wildman–Crippen MR) is 77.2 cm³/mol. The van der Waals surface area contributed by atoms with Gasteiger partial charge in [-0.25, -0.2) is 4.79 Å². The second-order valence-corrected chi connectivity index (χ2v) is 5.47. The van der Waals surface area contributed by atoms with Crippen molar-refractivity contribution in [3.05, 3.63) is 0 Å². The van der Waals surface area contributed by atoms with E-state index < -0.39 is 0 Å². The molecule has 0 aromatic heterocycles. The lowest BCUT2D eigenvalue weighted by atomic mass is 9.90. The number of ether oxygens (including phenoxy) is 1. The number of unbranched alkanes of at least 4 members (excludes halogenated alkanes) is 1. The van der Waals surface area contributed by atoms with Gasteiger partial charge in [-0.3, -0.25) is 9.69 Å². The molecule has 6 nitrogen and oxygen atoms in total. The largest absolute Gasteiger partial charge is 0.450 e. The van der Waals surface area contributed by atoms with Gasteiger partial charge in [-0.2, -0.15) is 0 Å². The topological polar surface area (TPSA) is 84.7 Å². The summed E-state index contributed by atoms with van der Waals surface area (Å²) < 4.78 is 4.92. The first kappa shape index (κ1) is 16.8. The minimum Gasteiger partial charge on any atom is -0.450 e. The van der Waals surface area contributed by atoms with Gasteiger partial charge in [0.2, 0.25) is 5.91 Å². The third-order valence-electron chi connectivity index (χ3n) is 3.56. The summed E-state index contributed by atoms with van der Waals surface area (Å²) in [7, 11) is 0. The molecule has 1 heterocycles.